The maximum Gasteiger partial charge on any atom is 0.336 e. The van der Waals surface area contributed by atoms with Crippen molar-refractivity contribution in [3.63, 3.8) is 0 Å². The van der Waals surface area contributed by atoms with Crippen LogP contribution in [0.4, 0.5) is 0 Å². The number of benzene rings is 2. The third-order valence-corrected chi connectivity index (χ3v) is 4.80. The maximum absolute atomic E-state index is 12.2. The van der Waals surface area contributed by atoms with Gasteiger partial charge in [-0.05, 0) is 49.2 Å². The van der Waals surface area contributed by atoms with E-state index in [2.05, 4.69) is 5.32 Å². The number of para-hydroxylation sites is 1. The number of amides is 1. The van der Waals surface area contributed by atoms with Gasteiger partial charge in [0.1, 0.15) is 17.9 Å². The quantitative estimate of drug-likeness (QED) is 0.475. The second-order valence-electron chi connectivity index (χ2n) is 6.89. The lowest BCUT2D eigenvalue weighted by Crippen LogP contribution is -2.26. The number of carbonyl (C=O) groups excluding carboxylic acids is 2. The Morgan fingerprint density at radius 3 is 2.57 bits per heavy atom. The lowest BCUT2D eigenvalue weighted by molar-refractivity contribution is -0.144. The van der Waals surface area contributed by atoms with Crippen molar-refractivity contribution >= 4 is 22.8 Å². The zero-order valence-corrected chi connectivity index (χ0v) is 17.1. The van der Waals surface area contributed by atoms with E-state index in [0.717, 1.165) is 16.5 Å². The largest absolute Gasteiger partial charge is 0.496 e. The molecule has 3 aromatic rings. The van der Waals surface area contributed by atoms with E-state index in [1.807, 2.05) is 19.9 Å². The molecule has 0 aliphatic heterocycles. The Bertz CT molecular complexity index is 1150. The van der Waals surface area contributed by atoms with Gasteiger partial charge in [0.2, 0.25) is 0 Å². The van der Waals surface area contributed by atoms with Crippen LogP contribution in [0.2, 0.25) is 0 Å². The van der Waals surface area contributed by atoms with Crippen molar-refractivity contribution in [1.29, 1.82) is 0 Å². The van der Waals surface area contributed by atoms with Gasteiger partial charge in [-0.15, -0.1) is 0 Å². The Morgan fingerprint density at radius 2 is 1.80 bits per heavy atom. The number of methoxy groups -OCH3 is 1. The van der Waals surface area contributed by atoms with Gasteiger partial charge in [0.15, 0.2) is 0 Å². The summed E-state index contributed by atoms with van der Waals surface area (Å²) in [6, 6.07) is 11.9. The van der Waals surface area contributed by atoms with Crippen molar-refractivity contribution in [2.24, 2.45) is 0 Å². The van der Waals surface area contributed by atoms with Gasteiger partial charge in [0, 0.05) is 23.6 Å². The van der Waals surface area contributed by atoms with Crippen LogP contribution in [-0.4, -0.2) is 25.5 Å². The van der Waals surface area contributed by atoms with E-state index in [-0.39, 0.29) is 25.5 Å². The van der Waals surface area contributed by atoms with E-state index >= 15 is 0 Å². The highest BCUT2D eigenvalue weighted by atomic mass is 16.5. The van der Waals surface area contributed by atoms with E-state index in [1.165, 1.54) is 13.2 Å². The number of fused-ring (bicyclic) bond motifs is 1. The standard InChI is InChI=1S/C23H23NO6/c1-14-10-18-16(12-22(26)30-20(18)11-15(14)2)13-29-21(25)8-9-24-23(27)17-6-4-5-7-19(17)28-3/h4-7,10-12H,8-9,13H2,1-3H3,(H,24,27). The SMILES string of the molecule is COc1ccccc1C(=O)NCCC(=O)OCc1cc(=O)oc2cc(C)c(C)cc12. The Labute approximate surface area is 173 Å². The molecule has 0 aliphatic rings. The summed E-state index contributed by atoms with van der Waals surface area (Å²) < 4.78 is 15.7. The summed E-state index contributed by atoms with van der Waals surface area (Å²) >= 11 is 0. The third-order valence-electron chi connectivity index (χ3n) is 4.80. The minimum atomic E-state index is -0.499. The number of aryl methyl sites for hydroxylation is 2. The maximum atomic E-state index is 12.2. The van der Waals surface area contributed by atoms with Crippen molar-refractivity contribution in [2.75, 3.05) is 13.7 Å². The molecule has 2 aromatic carbocycles. The highest BCUT2D eigenvalue weighted by Crippen LogP contribution is 2.22. The number of nitrogens with one attached hydrogen (secondary N) is 1. The van der Waals surface area contributed by atoms with Crippen LogP contribution in [0.25, 0.3) is 11.0 Å². The topological polar surface area (TPSA) is 94.8 Å². The van der Waals surface area contributed by atoms with Crippen molar-refractivity contribution in [1.82, 2.24) is 5.32 Å². The van der Waals surface area contributed by atoms with Crippen LogP contribution in [0.1, 0.15) is 33.5 Å². The van der Waals surface area contributed by atoms with E-state index < -0.39 is 11.6 Å². The molecule has 0 saturated carbocycles. The Kier molecular flexibility index (Phi) is 6.51. The molecule has 1 heterocycles. The van der Waals surface area contributed by atoms with Crippen LogP contribution >= 0.6 is 0 Å². The third kappa shape index (κ3) is 4.86. The normalized spacial score (nSPS) is 10.6. The minimum Gasteiger partial charge on any atom is -0.496 e. The first-order valence-electron chi connectivity index (χ1n) is 9.50. The Hall–Kier alpha value is -3.61. The molecule has 0 bridgehead atoms. The molecule has 0 saturated heterocycles. The van der Waals surface area contributed by atoms with Crippen molar-refractivity contribution in [3.05, 3.63) is 75.1 Å². The lowest BCUT2D eigenvalue weighted by atomic mass is 10.0. The highest BCUT2D eigenvalue weighted by Gasteiger charge is 2.13. The summed E-state index contributed by atoms with van der Waals surface area (Å²) in [6.45, 7) is 3.95. The highest BCUT2D eigenvalue weighted by molar-refractivity contribution is 5.97. The Balaban J connectivity index is 1.58. The predicted octanol–water partition coefficient (Wildman–Crippen LogP) is 3.28. The first-order chi connectivity index (χ1) is 14.4. The summed E-state index contributed by atoms with van der Waals surface area (Å²) in [5.41, 5.74) is 2.98. The van der Waals surface area contributed by atoms with Gasteiger partial charge in [-0.25, -0.2) is 4.79 Å². The number of esters is 1. The summed E-state index contributed by atoms with van der Waals surface area (Å²) in [6.07, 6.45) is -0.00159. The average Bonchev–Trinajstić information content (AvgIpc) is 2.73. The van der Waals surface area contributed by atoms with Gasteiger partial charge in [-0.1, -0.05) is 12.1 Å². The molecule has 156 valence electrons. The molecule has 7 heteroatoms. The summed E-state index contributed by atoms with van der Waals surface area (Å²) in [5, 5.41) is 3.40. The molecule has 0 spiro atoms. The van der Waals surface area contributed by atoms with Crippen molar-refractivity contribution in [2.45, 2.75) is 26.9 Å². The molecule has 1 aromatic heterocycles. The van der Waals surface area contributed by atoms with Gasteiger partial charge in [-0.2, -0.15) is 0 Å². The second kappa shape index (κ2) is 9.26. The van der Waals surface area contributed by atoms with Crippen LogP contribution in [0.5, 0.6) is 5.75 Å². The summed E-state index contributed by atoms with van der Waals surface area (Å²) in [4.78, 5) is 36.2. The zero-order chi connectivity index (χ0) is 21.7. The van der Waals surface area contributed by atoms with E-state index in [4.69, 9.17) is 13.9 Å². The van der Waals surface area contributed by atoms with Crippen LogP contribution in [0.3, 0.4) is 0 Å². The lowest BCUT2D eigenvalue weighted by Gasteiger charge is -2.10. The van der Waals surface area contributed by atoms with E-state index in [9.17, 15) is 14.4 Å². The molecule has 3 rings (SSSR count). The molecule has 7 nitrogen and oxygen atoms in total. The van der Waals surface area contributed by atoms with Crippen molar-refractivity contribution < 1.29 is 23.5 Å². The molecule has 1 amide bonds. The fourth-order valence-corrected chi connectivity index (χ4v) is 3.04. The van der Waals surface area contributed by atoms with Gasteiger partial charge in [-0.3, -0.25) is 9.59 Å². The zero-order valence-electron chi connectivity index (χ0n) is 17.1. The van der Waals surface area contributed by atoms with Crippen LogP contribution < -0.4 is 15.7 Å². The number of carbonyl (C=O) groups is 2. The van der Waals surface area contributed by atoms with E-state index in [1.54, 1.807) is 30.3 Å². The fourth-order valence-electron chi connectivity index (χ4n) is 3.04. The van der Waals surface area contributed by atoms with Gasteiger partial charge < -0.3 is 19.2 Å². The van der Waals surface area contributed by atoms with Crippen molar-refractivity contribution in [3.8, 4) is 5.75 Å². The van der Waals surface area contributed by atoms with Gasteiger partial charge >= 0.3 is 11.6 Å². The smallest absolute Gasteiger partial charge is 0.336 e. The van der Waals surface area contributed by atoms with Gasteiger partial charge in [0.05, 0.1) is 19.1 Å². The summed E-state index contributed by atoms with van der Waals surface area (Å²) in [7, 11) is 1.49. The number of ether oxygens (including phenoxy) is 2. The molecule has 1 N–H and O–H groups in total. The molecular weight excluding hydrogens is 386 g/mol. The first kappa shape index (κ1) is 21.1. The molecule has 0 unspecified atom stereocenters. The fraction of sp³-hybridized carbons (Fsp3) is 0.261. The molecule has 0 fully saturated rings. The number of rotatable bonds is 7. The first-order valence-corrected chi connectivity index (χ1v) is 9.50. The molecular formula is C23H23NO6. The molecule has 0 aliphatic carbocycles. The van der Waals surface area contributed by atoms with Crippen LogP contribution in [0.15, 0.2) is 51.7 Å². The molecule has 0 atom stereocenters. The number of hydrogen-bond acceptors (Lipinski definition) is 6. The summed E-state index contributed by atoms with van der Waals surface area (Å²) in [5.74, 6) is -0.365. The van der Waals surface area contributed by atoms with Gasteiger partial charge in [0.25, 0.3) is 5.91 Å². The van der Waals surface area contributed by atoms with E-state index in [0.29, 0.717) is 22.5 Å². The number of hydrogen-bond donors (Lipinski definition) is 1. The average molecular weight is 409 g/mol. The minimum absolute atomic E-state index is 0.00159. The monoisotopic (exact) mass is 409 g/mol. The van der Waals surface area contributed by atoms with Crippen LogP contribution in [-0.2, 0) is 16.1 Å². The molecule has 0 radical (unpaired) electrons. The predicted molar refractivity (Wildman–Crippen MR) is 112 cm³/mol. The molecule has 30 heavy (non-hydrogen) atoms. The second-order valence-corrected chi connectivity index (χ2v) is 6.89. The van der Waals surface area contributed by atoms with Crippen LogP contribution in [0, 0.1) is 13.8 Å². The Morgan fingerprint density at radius 1 is 1.07 bits per heavy atom.